The molecule has 8 nitrogen and oxygen atoms in total. The molecule has 2 bridgehead atoms. The van der Waals surface area contributed by atoms with E-state index in [1.807, 2.05) is 18.2 Å². The van der Waals surface area contributed by atoms with Crippen LogP contribution in [0.4, 0.5) is 11.4 Å². The van der Waals surface area contributed by atoms with Crippen LogP contribution in [0.1, 0.15) is 40.6 Å². The lowest BCUT2D eigenvalue weighted by Gasteiger charge is -2.41. The molecular formula is C22H18N4O4. The molecule has 2 amide bonds. The van der Waals surface area contributed by atoms with Gasteiger partial charge in [-0.05, 0) is 19.1 Å². The Balaban J connectivity index is 1.69. The van der Waals surface area contributed by atoms with Gasteiger partial charge in [0, 0.05) is 11.6 Å². The molecule has 1 aromatic heterocycles. The van der Waals surface area contributed by atoms with Crippen LogP contribution in [0.25, 0.3) is 0 Å². The maximum Gasteiger partial charge on any atom is 0.357 e. The molecule has 1 aliphatic carbocycles. The topological polar surface area (TPSA) is 118 Å². The number of carbonyl (C=O) groups is 3. The number of benzene rings is 1. The highest BCUT2D eigenvalue weighted by Gasteiger charge is 2.60. The van der Waals surface area contributed by atoms with E-state index in [1.165, 1.54) is 4.90 Å². The van der Waals surface area contributed by atoms with Crippen LogP contribution in [0.15, 0.2) is 42.5 Å². The zero-order valence-electron chi connectivity index (χ0n) is 16.1. The molecule has 150 valence electrons. The second-order valence-corrected chi connectivity index (χ2v) is 7.53. The standard InChI is InChI=1S/C22H18N4O4/c1-2-30-22(29)19-17(24)13(10-23)18-12-8-9-14(26(18)19)16-15(12)20(27)25(21(16)28)11-6-4-3-5-7-11/h3-9,12,14-16H,2,24H2,1H3. The van der Waals surface area contributed by atoms with Crippen LogP contribution in [0.2, 0.25) is 0 Å². The number of carbonyl (C=O) groups excluding carboxylic acids is 3. The predicted octanol–water partition coefficient (Wildman–Crippen LogP) is 2.13. The number of nitrogens with zero attached hydrogens (tertiary/aromatic N) is 3. The van der Waals surface area contributed by atoms with E-state index in [2.05, 4.69) is 6.07 Å². The van der Waals surface area contributed by atoms with Crippen molar-refractivity contribution in [1.29, 1.82) is 5.26 Å². The zero-order valence-corrected chi connectivity index (χ0v) is 16.1. The van der Waals surface area contributed by atoms with E-state index >= 15 is 0 Å². The quantitative estimate of drug-likeness (QED) is 0.477. The van der Waals surface area contributed by atoms with Crippen molar-refractivity contribution in [3.05, 3.63) is 59.4 Å². The average molecular weight is 402 g/mol. The maximum absolute atomic E-state index is 13.4. The van der Waals surface area contributed by atoms with Crippen LogP contribution >= 0.6 is 0 Å². The number of imide groups is 1. The Kier molecular flexibility index (Phi) is 3.83. The Hall–Kier alpha value is -3.86. The minimum atomic E-state index is -0.674. The van der Waals surface area contributed by atoms with Crippen LogP contribution in [0, 0.1) is 23.2 Å². The third kappa shape index (κ3) is 2.12. The summed E-state index contributed by atoms with van der Waals surface area (Å²) in [5.41, 5.74) is 7.44. The molecule has 1 fully saturated rings. The summed E-state index contributed by atoms with van der Waals surface area (Å²) in [7, 11) is 0. The van der Waals surface area contributed by atoms with Gasteiger partial charge in [-0.1, -0.05) is 30.4 Å². The largest absolute Gasteiger partial charge is 0.461 e. The molecule has 4 aliphatic rings. The summed E-state index contributed by atoms with van der Waals surface area (Å²) in [5.74, 6) is -3.11. The normalized spacial score (nSPS) is 25.8. The smallest absolute Gasteiger partial charge is 0.357 e. The Morgan fingerprint density at radius 1 is 1.17 bits per heavy atom. The number of amides is 2. The molecule has 3 aliphatic heterocycles. The number of rotatable bonds is 3. The van der Waals surface area contributed by atoms with Gasteiger partial charge in [0.05, 0.1) is 41.4 Å². The number of hydrogen-bond donors (Lipinski definition) is 1. The SMILES string of the molecule is CCOC(=O)c1c(N)c(C#N)c2n1C1C=CC2C2C(=O)N(c3ccccc3)C(=O)C21. The summed E-state index contributed by atoms with van der Waals surface area (Å²) in [6, 6.07) is 10.3. The van der Waals surface area contributed by atoms with Gasteiger partial charge in [0.1, 0.15) is 6.07 Å². The van der Waals surface area contributed by atoms with Crippen LogP contribution < -0.4 is 10.6 Å². The molecule has 2 aromatic rings. The average Bonchev–Trinajstić information content (AvgIpc) is 3.21. The highest BCUT2D eigenvalue weighted by molar-refractivity contribution is 6.23. The highest BCUT2D eigenvalue weighted by atomic mass is 16.5. The van der Waals surface area contributed by atoms with E-state index in [9.17, 15) is 19.6 Å². The van der Waals surface area contributed by atoms with Crippen LogP contribution in [-0.2, 0) is 14.3 Å². The van der Waals surface area contributed by atoms with Crippen molar-refractivity contribution in [3.63, 3.8) is 0 Å². The monoisotopic (exact) mass is 402 g/mol. The van der Waals surface area contributed by atoms with E-state index in [4.69, 9.17) is 10.5 Å². The number of hydrogen-bond acceptors (Lipinski definition) is 6. The molecule has 0 saturated carbocycles. The third-order valence-electron chi connectivity index (χ3n) is 6.16. The first kappa shape index (κ1) is 18.2. The summed E-state index contributed by atoms with van der Waals surface area (Å²) < 4.78 is 6.79. The molecule has 0 spiro atoms. The highest BCUT2D eigenvalue weighted by Crippen LogP contribution is 2.56. The van der Waals surface area contributed by atoms with Gasteiger partial charge in [0.15, 0.2) is 5.69 Å². The number of nitrogen functional groups attached to an aromatic ring is 1. The summed E-state index contributed by atoms with van der Waals surface area (Å²) in [5, 5.41) is 9.73. The van der Waals surface area contributed by atoms with Crippen LogP contribution in [0.3, 0.4) is 0 Å². The van der Waals surface area contributed by atoms with Gasteiger partial charge < -0.3 is 15.0 Å². The lowest BCUT2D eigenvalue weighted by molar-refractivity contribution is -0.122. The maximum atomic E-state index is 13.4. The molecule has 30 heavy (non-hydrogen) atoms. The molecule has 1 saturated heterocycles. The summed E-state index contributed by atoms with van der Waals surface area (Å²) in [6.45, 7) is 1.83. The summed E-state index contributed by atoms with van der Waals surface area (Å²) in [4.78, 5) is 40.6. The number of para-hydroxylation sites is 1. The Morgan fingerprint density at radius 2 is 1.87 bits per heavy atom. The van der Waals surface area contributed by atoms with Gasteiger partial charge in [0.25, 0.3) is 0 Å². The Bertz CT molecular complexity index is 1170. The van der Waals surface area contributed by atoms with E-state index in [0.29, 0.717) is 11.4 Å². The van der Waals surface area contributed by atoms with Crippen molar-refractivity contribution in [2.75, 3.05) is 17.2 Å². The van der Waals surface area contributed by atoms with E-state index in [0.717, 1.165) is 0 Å². The first-order valence-corrected chi connectivity index (χ1v) is 9.73. The second-order valence-electron chi connectivity index (χ2n) is 7.53. The van der Waals surface area contributed by atoms with Crippen molar-refractivity contribution in [2.24, 2.45) is 11.8 Å². The van der Waals surface area contributed by atoms with Crippen molar-refractivity contribution in [2.45, 2.75) is 18.9 Å². The van der Waals surface area contributed by atoms with Crippen LogP contribution in [0.5, 0.6) is 0 Å². The van der Waals surface area contributed by atoms with Gasteiger partial charge in [-0.2, -0.15) is 5.26 Å². The van der Waals surface area contributed by atoms with Crippen molar-refractivity contribution in [3.8, 4) is 6.07 Å². The number of ether oxygens (including phenoxy) is 1. The molecule has 0 radical (unpaired) electrons. The molecule has 6 rings (SSSR count). The van der Waals surface area contributed by atoms with Crippen molar-refractivity contribution >= 4 is 29.2 Å². The zero-order chi connectivity index (χ0) is 21.2. The van der Waals surface area contributed by atoms with E-state index in [-0.39, 0.29) is 35.4 Å². The fourth-order valence-electron chi connectivity index (χ4n) is 5.05. The van der Waals surface area contributed by atoms with E-state index in [1.54, 1.807) is 35.8 Å². The molecule has 1 aromatic carbocycles. The first-order valence-electron chi connectivity index (χ1n) is 9.73. The minimum Gasteiger partial charge on any atom is -0.461 e. The fourth-order valence-corrected chi connectivity index (χ4v) is 5.05. The van der Waals surface area contributed by atoms with Gasteiger partial charge in [-0.15, -0.1) is 0 Å². The summed E-state index contributed by atoms with van der Waals surface area (Å²) >= 11 is 0. The molecule has 4 unspecified atom stereocenters. The molecule has 4 atom stereocenters. The molecule has 8 heteroatoms. The van der Waals surface area contributed by atoms with E-state index < -0.39 is 29.8 Å². The molecular weight excluding hydrogens is 384 g/mol. The summed E-state index contributed by atoms with van der Waals surface area (Å²) in [6.07, 6.45) is 3.66. The first-order chi connectivity index (χ1) is 14.5. The number of nitriles is 1. The minimum absolute atomic E-state index is 0.0319. The lowest BCUT2D eigenvalue weighted by Crippen LogP contribution is -2.42. The van der Waals surface area contributed by atoms with Crippen molar-refractivity contribution < 1.29 is 19.1 Å². The van der Waals surface area contributed by atoms with Crippen molar-refractivity contribution in [1.82, 2.24) is 4.57 Å². The molecule has 2 N–H and O–H groups in total. The van der Waals surface area contributed by atoms with Gasteiger partial charge in [0.2, 0.25) is 11.8 Å². The van der Waals surface area contributed by atoms with Crippen LogP contribution in [-0.4, -0.2) is 29.0 Å². The number of allylic oxidation sites excluding steroid dienone is 2. The number of anilines is 2. The second kappa shape index (κ2) is 6.32. The van der Waals surface area contributed by atoms with Gasteiger partial charge in [-0.25, -0.2) is 9.69 Å². The number of nitrogens with two attached hydrogens (primary N) is 1. The number of esters is 1. The molecule has 4 heterocycles. The fraction of sp³-hybridized carbons (Fsp3) is 0.273. The third-order valence-corrected chi connectivity index (χ3v) is 6.16. The number of aromatic nitrogens is 1. The Labute approximate surface area is 172 Å². The van der Waals surface area contributed by atoms with Gasteiger partial charge >= 0.3 is 5.97 Å². The van der Waals surface area contributed by atoms with Gasteiger partial charge in [-0.3, -0.25) is 9.59 Å². The Morgan fingerprint density at radius 3 is 2.53 bits per heavy atom. The lowest BCUT2D eigenvalue weighted by atomic mass is 9.69. The predicted molar refractivity (Wildman–Crippen MR) is 106 cm³/mol.